The van der Waals surface area contributed by atoms with Crippen LogP contribution < -0.4 is 14.8 Å². The maximum Gasteiger partial charge on any atom is 0.514 e. The number of nitrogens with zero attached hydrogens (tertiary/aromatic N) is 3. The first-order valence-corrected chi connectivity index (χ1v) is 20.3. The molecule has 5 fully saturated rings. The van der Waals surface area contributed by atoms with Gasteiger partial charge in [-0.3, -0.25) is 4.79 Å². The summed E-state index contributed by atoms with van der Waals surface area (Å²) in [5, 5.41) is 2.69. The largest absolute Gasteiger partial charge is 0.514 e. The molecule has 5 aliphatic rings. The van der Waals surface area contributed by atoms with Crippen LogP contribution in [0.4, 0.5) is 9.59 Å². The number of ether oxygens (including phenoxy) is 5. The summed E-state index contributed by atoms with van der Waals surface area (Å²) in [5.41, 5.74) is -1.84. The number of alkyl carbamates (subject to hydrolysis) is 1. The van der Waals surface area contributed by atoms with Crippen LogP contribution in [0.2, 0.25) is 6.32 Å². The van der Waals surface area contributed by atoms with Gasteiger partial charge in [-0.05, 0) is 124 Å². The Balaban J connectivity index is 1.24. The van der Waals surface area contributed by atoms with Crippen molar-refractivity contribution in [2.75, 3.05) is 13.1 Å². The molecule has 2 bridgehead atoms. The second-order valence-electron chi connectivity index (χ2n) is 19.9. The number of aromatic nitrogens is 2. The number of imidazole rings is 1. The number of benzene rings is 1. The number of nitrogens with one attached hydrogen (secondary N) is 1. The molecule has 3 heterocycles. The van der Waals surface area contributed by atoms with Crippen molar-refractivity contribution in [3.05, 3.63) is 41.5 Å². The predicted molar refractivity (Wildman–Crippen MR) is 213 cm³/mol. The van der Waals surface area contributed by atoms with Crippen LogP contribution in [0.1, 0.15) is 124 Å². The topological polar surface area (TPSA) is 166 Å². The minimum absolute atomic E-state index is 0.00119. The number of hydrogen-bond acceptors (Lipinski definition) is 12. The zero-order valence-electron chi connectivity index (χ0n) is 36.3. The van der Waals surface area contributed by atoms with Gasteiger partial charge in [0.25, 0.3) is 5.91 Å². The Morgan fingerprint density at radius 1 is 0.948 bits per heavy atom. The summed E-state index contributed by atoms with van der Waals surface area (Å²) >= 11 is 0. The molecule has 5 atom stereocenters. The summed E-state index contributed by atoms with van der Waals surface area (Å²) in [4.78, 5) is 59.7. The summed E-state index contributed by atoms with van der Waals surface area (Å²) < 4.78 is 44.0. The van der Waals surface area contributed by atoms with Gasteiger partial charge in [-0.2, -0.15) is 0 Å². The number of carbonyl (C=O) groups is 4. The lowest BCUT2D eigenvalue weighted by Crippen LogP contribution is -2.65. The summed E-state index contributed by atoms with van der Waals surface area (Å²) in [7, 11) is 1.24. The summed E-state index contributed by atoms with van der Waals surface area (Å²) in [6.45, 7) is 22.6. The third-order valence-electron chi connectivity index (χ3n) is 11.5. The molecule has 0 spiro atoms. The van der Waals surface area contributed by atoms with E-state index in [1.165, 1.54) is 17.4 Å². The molecule has 58 heavy (non-hydrogen) atoms. The molecule has 3 aliphatic carbocycles. The van der Waals surface area contributed by atoms with Crippen molar-refractivity contribution >= 4 is 31.2 Å². The van der Waals surface area contributed by atoms with Crippen LogP contribution in [0.3, 0.4) is 0 Å². The van der Waals surface area contributed by atoms with Crippen molar-refractivity contribution in [2.45, 2.75) is 149 Å². The van der Waals surface area contributed by atoms with Crippen LogP contribution in [0.5, 0.6) is 11.5 Å². The van der Waals surface area contributed by atoms with E-state index in [0.29, 0.717) is 35.8 Å². The molecule has 1 unspecified atom stereocenters. The van der Waals surface area contributed by atoms with Crippen LogP contribution in [0.25, 0.3) is 0 Å². The van der Waals surface area contributed by atoms with Gasteiger partial charge >= 0.3 is 25.3 Å². The Hall–Kier alpha value is -4.31. The SMILES string of the molecule is Cn1cncc1C(NC(=O)OC(C)(C)C)C(=O)N1CC(Oc2ccc(CCB3O[C@@H]4C[C@@H]5C[C@@H](C5(C)C)[C@]4(C)O3)c(OC(=O)OC(C)(C)C)c2C(=O)OC(C)(C)C)C1. The van der Waals surface area contributed by atoms with E-state index in [4.69, 9.17) is 33.0 Å². The highest BCUT2D eigenvalue weighted by atomic mass is 16.7. The zero-order chi connectivity index (χ0) is 42.7. The molecule has 7 rings (SSSR count). The maximum atomic E-state index is 14.1. The van der Waals surface area contributed by atoms with Crippen molar-refractivity contribution in [3.8, 4) is 11.5 Å². The quantitative estimate of drug-likeness (QED) is 0.115. The highest BCUT2D eigenvalue weighted by Gasteiger charge is 2.67. The Bertz CT molecular complexity index is 1900. The second kappa shape index (κ2) is 15.4. The summed E-state index contributed by atoms with van der Waals surface area (Å²) in [5.74, 6) is -0.0877. The lowest BCUT2D eigenvalue weighted by Gasteiger charge is -2.64. The van der Waals surface area contributed by atoms with Gasteiger partial charge in [-0.15, -0.1) is 0 Å². The molecule has 2 amide bonds. The third kappa shape index (κ3) is 9.27. The van der Waals surface area contributed by atoms with Crippen LogP contribution >= 0.6 is 0 Å². The number of hydrogen-bond donors (Lipinski definition) is 1. The van der Waals surface area contributed by atoms with Crippen LogP contribution in [0, 0.1) is 17.3 Å². The maximum absolute atomic E-state index is 14.1. The van der Waals surface area contributed by atoms with E-state index in [2.05, 4.69) is 31.1 Å². The van der Waals surface area contributed by atoms with Gasteiger partial charge in [0.15, 0.2) is 11.8 Å². The number of amides is 2. The van der Waals surface area contributed by atoms with E-state index in [0.717, 1.165) is 12.8 Å². The molecule has 2 saturated heterocycles. The number of aryl methyl sites for hydroxylation is 2. The van der Waals surface area contributed by atoms with E-state index in [1.54, 1.807) is 86.1 Å². The van der Waals surface area contributed by atoms with Gasteiger partial charge < -0.3 is 47.8 Å². The molecule has 1 aromatic carbocycles. The van der Waals surface area contributed by atoms with Crippen molar-refractivity contribution < 1.29 is 52.2 Å². The Kier molecular flexibility index (Phi) is 11.5. The van der Waals surface area contributed by atoms with Crippen molar-refractivity contribution in [3.63, 3.8) is 0 Å². The van der Waals surface area contributed by atoms with Gasteiger partial charge in [0.1, 0.15) is 34.2 Å². The molecule has 2 aliphatic heterocycles. The van der Waals surface area contributed by atoms with Gasteiger partial charge in [-0.1, -0.05) is 19.9 Å². The number of likely N-dealkylation sites (tertiary alicyclic amines) is 1. The summed E-state index contributed by atoms with van der Waals surface area (Å²) in [6.07, 6.45) is 3.61. The van der Waals surface area contributed by atoms with Crippen molar-refractivity contribution in [1.82, 2.24) is 19.8 Å². The zero-order valence-corrected chi connectivity index (χ0v) is 36.3. The average molecular weight is 809 g/mol. The van der Waals surface area contributed by atoms with Crippen molar-refractivity contribution in [2.24, 2.45) is 24.3 Å². The van der Waals surface area contributed by atoms with Gasteiger partial charge in [0, 0.05) is 7.05 Å². The Morgan fingerprint density at radius 3 is 2.19 bits per heavy atom. The van der Waals surface area contributed by atoms with Gasteiger partial charge in [0.2, 0.25) is 0 Å². The fraction of sp³-hybridized carbons (Fsp3) is 0.690. The fourth-order valence-corrected chi connectivity index (χ4v) is 8.63. The first kappa shape index (κ1) is 43.3. The van der Waals surface area contributed by atoms with Crippen LogP contribution in [-0.4, -0.2) is 93.4 Å². The molecular formula is C42H61BN4O11. The second-order valence-corrected chi connectivity index (χ2v) is 19.9. The van der Waals surface area contributed by atoms with E-state index >= 15 is 0 Å². The molecule has 318 valence electrons. The molecule has 3 saturated carbocycles. The normalized spacial score (nSPS) is 24.5. The lowest BCUT2D eigenvalue weighted by molar-refractivity contribution is -0.199. The highest BCUT2D eigenvalue weighted by Crippen LogP contribution is 2.65. The smallest absolute Gasteiger partial charge is 0.486 e. The van der Waals surface area contributed by atoms with Gasteiger partial charge in [-0.25, -0.2) is 19.4 Å². The standard InChI is InChI=1S/C42H61BN4O11/c1-38(2,3)54-35(49)31-28(52-26-21-47(22-26)34(48)32(27-20-44-23-46(27)13)45-36(50)55-39(4,5)6)15-14-24(33(31)53-37(51)56-40(7,8)9)16-17-43-57-30-19-25-18-29(41(25,10)11)42(30,12)58-43/h14-15,20,23,25-26,29-30,32H,16-19,21-22H2,1-13H3,(H,45,50)/t25-,29-,30+,32?,42-/m0/s1. The van der Waals surface area contributed by atoms with E-state index < -0.39 is 60.2 Å². The van der Waals surface area contributed by atoms with Crippen LogP contribution in [0.15, 0.2) is 24.7 Å². The molecule has 1 aromatic heterocycles. The van der Waals surface area contributed by atoms with E-state index in [9.17, 15) is 19.2 Å². The molecule has 15 nitrogen and oxygen atoms in total. The van der Waals surface area contributed by atoms with Crippen LogP contribution in [-0.2, 0) is 41.8 Å². The predicted octanol–water partition coefficient (Wildman–Crippen LogP) is 6.82. The fourth-order valence-electron chi connectivity index (χ4n) is 8.63. The molecule has 16 heteroatoms. The molecule has 0 radical (unpaired) electrons. The Morgan fingerprint density at radius 2 is 1.60 bits per heavy atom. The average Bonchev–Trinajstić information content (AvgIpc) is 3.63. The van der Waals surface area contributed by atoms with E-state index in [-0.39, 0.29) is 47.3 Å². The minimum atomic E-state index is -1.08. The number of esters is 1. The lowest BCUT2D eigenvalue weighted by atomic mass is 9.43. The third-order valence-corrected chi connectivity index (χ3v) is 11.5. The summed E-state index contributed by atoms with van der Waals surface area (Å²) in [6, 6.07) is 2.32. The molecule has 1 N–H and O–H groups in total. The highest BCUT2D eigenvalue weighted by molar-refractivity contribution is 6.45. The monoisotopic (exact) mass is 808 g/mol. The first-order chi connectivity index (χ1) is 26.7. The Labute approximate surface area is 342 Å². The molecule has 2 aromatic rings. The first-order valence-electron chi connectivity index (χ1n) is 20.3. The minimum Gasteiger partial charge on any atom is -0.486 e. The van der Waals surface area contributed by atoms with E-state index in [1.807, 2.05) is 0 Å². The van der Waals surface area contributed by atoms with Gasteiger partial charge in [0.05, 0.1) is 43.0 Å². The molecular weight excluding hydrogens is 747 g/mol. The number of rotatable bonds is 10. The van der Waals surface area contributed by atoms with Crippen molar-refractivity contribution in [1.29, 1.82) is 0 Å². The number of carbonyl (C=O) groups excluding carboxylic acids is 4.